The number of carboxylic acids is 1. The average molecular weight is 289 g/mol. The lowest BCUT2D eigenvalue weighted by Crippen LogP contribution is -2.17. The highest BCUT2D eigenvalue weighted by Gasteiger charge is 2.21. The minimum Gasteiger partial charge on any atom is -0.478 e. The fraction of sp³-hybridized carbons (Fsp3) is 0.286. The molecule has 0 bridgehead atoms. The molecule has 1 aliphatic rings. The Balaban J connectivity index is 1.86. The van der Waals surface area contributed by atoms with E-state index in [2.05, 4.69) is 21.7 Å². The first-order chi connectivity index (χ1) is 9.65. The van der Waals surface area contributed by atoms with Gasteiger partial charge in [-0.05, 0) is 42.3 Å². The van der Waals surface area contributed by atoms with Gasteiger partial charge in [0.15, 0.2) is 0 Å². The van der Waals surface area contributed by atoms with E-state index in [1.807, 2.05) is 0 Å². The van der Waals surface area contributed by atoms with Gasteiger partial charge in [0.05, 0.1) is 23.5 Å². The third-order valence-corrected chi connectivity index (χ3v) is 4.54. The smallest absolute Gasteiger partial charge is 0.337 e. The van der Waals surface area contributed by atoms with Crippen molar-refractivity contribution in [3.05, 3.63) is 39.7 Å². The Morgan fingerprint density at radius 2 is 2.40 bits per heavy atom. The lowest BCUT2D eigenvalue weighted by atomic mass is 9.94. The van der Waals surface area contributed by atoms with E-state index in [0.29, 0.717) is 5.82 Å². The molecule has 0 aromatic carbocycles. The summed E-state index contributed by atoms with van der Waals surface area (Å²) in [5.74, 6) is -0.478. The first kappa shape index (κ1) is 12.9. The van der Waals surface area contributed by atoms with Gasteiger partial charge >= 0.3 is 5.97 Å². The summed E-state index contributed by atoms with van der Waals surface area (Å²) in [6.45, 7) is 0. The molecular weight excluding hydrogens is 274 g/mol. The minimum atomic E-state index is -1.03. The van der Waals surface area contributed by atoms with Crippen LogP contribution in [0.3, 0.4) is 0 Å². The topological polar surface area (TPSA) is 88.2 Å². The number of nitrogens with zero attached hydrogens (tertiary/aromatic N) is 1. The van der Waals surface area contributed by atoms with Crippen LogP contribution in [0.5, 0.6) is 0 Å². The summed E-state index contributed by atoms with van der Waals surface area (Å²) in [6.07, 6.45) is 4.67. The number of carbonyl (C=O) groups is 1. The van der Waals surface area contributed by atoms with E-state index >= 15 is 0 Å². The highest BCUT2D eigenvalue weighted by molar-refractivity contribution is 7.10. The molecule has 1 unspecified atom stereocenters. The molecule has 104 valence electrons. The summed E-state index contributed by atoms with van der Waals surface area (Å²) in [4.78, 5) is 16.7. The lowest BCUT2D eigenvalue weighted by molar-refractivity contribution is 0.0698. The molecule has 0 fully saturated rings. The Hall–Kier alpha value is -2.08. The predicted octanol–water partition coefficient (Wildman–Crippen LogP) is 2.91. The molecule has 0 amide bonds. The SMILES string of the molecule is Nc1cnc(NC2CCCc3sccc32)cc1C(=O)O. The minimum absolute atomic E-state index is 0.0869. The Labute approximate surface area is 120 Å². The standard InChI is InChI=1S/C14H15N3O2S/c15-10-7-16-13(6-9(10)14(18)19)17-11-2-1-3-12-8(11)4-5-20-12/h4-7,11H,1-3,15H2,(H,16,17)(H,18,19). The number of pyridine rings is 1. The molecule has 0 aliphatic heterocycles. The first-order valence-corrected chi connectivity index (χ1v) is 7.34. The molecule has 1 aliphatic carbocycles. The summed E-state index contributed by atoms with van der Waals surface area (Å²) in [5, 5.41) is 14.5. The van der Waals surface area contributed by atoms with Crippen LogP contribution in [0.2, 0.25) is 0 Å². The highest BCUT2D eigenvalue weighted by Crippen LogP contribution is 2.35. The second kappa shape index (κ2) is 5.13. The van der Waals surface area contributed by atoms with Crippen LogP contribution < -0.4 is 11.1 Å². The molecule has 0 spiro atoms. The van der Waals surface area contributed by atoms with Crippen LogP contribution in [0, 0.1) is 0 Å². The number of carboxylic acid groups (broad SMARTS) is 1. The maximum Gasteiger partial charge on any atom is 0.337 e. The third kappa shape index (κ3) is 2.34. The Morgan fingerprint density at radius 1 is 1.55 bits per heavy atom. The number of nitrogens with two attached hydrogens (primary N) is 1. The number of nitrogens with one attached hydrogen (secondary N) is 1. The van der Waals surface area contributed by atoms with E-state index in [4.69, 9.17) is 10.8 Å². The molecule has 6 heteroatoms. The molecule has 4 N–H and O–H groups in total. The van der Waals surface area contributed by atoms with E-state index in [9.17, 15) is 4.79 Å². The number of nitrogen functional groups attached to an aromatic ring is 1. The van der Waals surface area contributed by atoms with Gasteiger partial charge < -0.3 is 16.2 Å². The Morgan fingerprint density at radius 3 is 3.20 bits per heavy atom. The second-order valence-electron chi connectivity index (χ2n) is 4.85. The molecule has 2 heterocycles. The van der Waals surface area contributed by atoms with Crippen LogP contribution in [-0.4, -0.2) is 16.1 Å². The summed E-state index contributed by atoms with van der Waals surface area (Å²) in [5.41, 5.74) is 7.19. The van der Waals surface area contributed by atoms with Crippen LogP contribution in [0.25, 0.3) is 0 Å². The summed E-state index contributed by atoms with van der Waals surface area (Å²) in [6, 6.07) is 3.83. The van der Waals surface area contributed by atoms with E-state index in [0.717, 1.165) is 19.3 Å². The molecule has 5 nitrogen and oxygen atoms in total. The van der Waals surface area contributed by atoms with Crippen LogP contribution >= 0.6 is 11.3 Å². The number of hydrogen-bond donors (Lipinski definition) is 3. The van der Waals surface area contributed by atoms with E-state index in [1.54, 1.807) is 11.3 Å². The Bertz CT molecular complexity index is 654. The fourth-order valence-electron chi connectivity index (χ4n) is 2.54. The number of rotatable bonds is 3. The van der Waals surface area contributed by atoms with Gasteiger partial charge in [-0.1, -0.05) is 0 Å². The average Bonchev–Trinajstić information content (AvgIpc) is 2.90. The van der Waals surface area contributed by atoms with Crippen molar-refractivity contribution in [3.8, 4) is 0 Å². The van der Waals surface area contributed by atoms with Gasteiger partial charge in [-0.2, -0.15) is 0 Å². The summed E-state index contributed by atoms with van der Waals surface area (Å²) < 4.78 is 0. The van der Waals surface area contributed by atoms with Crippen molar-refractivity contribution in [2.24, 2.45) is 0 Å². The number of aromatic nitrogens is 1. The number of aryl methyl sites for hydroxylation is 1. The molecule has 0 radical (unpaired) electrons. The molecule has 1 atom stereocenters. The Kier molecular flexibility index (Phi) is 3.31. The van der Waals surface area contributed by atoms with Crippen molar-refractivity contribution in [1.29, 1.82) is 0 Å². The highest BCUT2D eigenvalue weighted by atomic mass is 32.1. The number of fused-ring (bicyclic) bond motifs is 1. The van der Waals surface area contributed by atoms with Crippen LogP contribution in [0.1, 0.15) is 39.7 Å². The zero-order chi connectivity index (χ0) is 14.1. The third-order valence-electron chi connectivity index (χ3n) is 3.54. The molecule has 2 aromatic rings. The zero-order valence-electron chi connectivity index (χ0n) is 10.8. The quantitative estimate of drug-likeness (QED) is 0.808. The molecule has 0 saturated carbocycles. The van der Waals surface area contributed by atoms with E-state index in [1.165, 1.54) is 22.7 Å². The van der Waals surface area contributed by atoms with E-state index in [-0.39, 0.29) is 17.3 Å². The molecule has 3 rings (SSSR count). The second-order valence-corrected chi connectivity index (χ2v) is 5.85. The summed E-state index contributed by atoms with van der Waals surface area (Å²) >= 11 is 1.78. The number of aromatic carboxylic acids is 1. The van der Waals surface area contributed by atoms with Crippen molar-refractivity contribution in [1.82, 2.24) is 4.98 Å². The van der Waals surface area contributed by atoms with Gasteiger partial charge in [0.2, 0.25) is 0 Å². The van der Waals surface area contributed by atoms with Crippen LogP contribution in [-0.2, 0) is 6.42 Å². The predicted molar refractivity (Wildman–Crippen MR) is 79.2 cm³/mol. The van der Waals surface area contributed by atoms with Crippen molar-refractivity contribution >= 4 is 28.8 Å². The molecule has 0 saturated heterocycles. The molecule has 2 aromatic heterocycles. The van der Waals surface area contributed by atoms with Crippen molar-refractivity contribution in [3.63, 3.8) is 0 Å². The van der Waals surface area contributed by atoms with Gasteiger partial charge in [-0.15, -0.1) is 11.3 Å². The van der Waals surface area contributed by atoms with Crippen molar-refractivity contribution < 1.29 is 9.90 Å². The van der Waals surface area contributed by atoms with E-state index < -0.39 is 5.97 Å². The van der Waals surface area contributed by atoms with Crippen LogP contribution in [0.15, 0.2) is 23.7 Å². The lowest BCUT2D eigenvalue weighted by Gasteiger charge is -2.24. The van der Waals surface area contributed by atoms with Crippen molar-refractivity contribution in [2.75, 3.05) is 11.1 Å². The number of anilines is 2. The number of thiophene rings is 1. The fourth-order valence-corrected chi connectivity index (χ4v) is 3.53. The van der Waals surface area contributed by atoms with Crippen molar-refractivity contribution in [2.45, 2.75) is 25.3 Å². The number of hydrogen-bond acceptors (Lipinski definition) is 5. The summed E-state index contributed by atoms with van der Waals surface area (Å²) in [7, 11) is 0. The van der Waals surface area contributed by atoms with Gasteiger partial charge in [0, 0.05) is 4.88 Å². The molecule has 20 heavy (non-hydrogen) atoms. The zero-order valence-corrected chi connectivity index (χ0v) is 11.6. The van der Waals surface area contributed by atoms with Crippen LogP contribution in [0.4, 0.5) is 11.5 Å². The monoisotopic (exact) mass is 289 g/mol. The van der Waals surface area contributed by atoms with Gasteiger partial charge in [-0.25, -0.2) is 9.78 Å². The molecular formula is C14H15N3O2S. The maximum atomic E-state index is 11.1. The largest absolute Gasteiger partial charge is 0.478 e. The first-order valence-electron chi connectivity index (χ1n) is 6.47. The normalized spacial score (nSPS) is 17.5. The van der Waals surface area contributed by atoms with Gasteiger partial charge in [0.25, 0.3) is 0 Å². The van der Waals surface area contributed by atoms with Gasteiger partial charge in [-0.3, -0.25) is 0 Å². The maximum absolute atomic E-state index is 11.1. The van der Waals surface area contributed by atoms with Gasteiger partial charge in [0.1, 0.15) is 5.82 Å².